The standard InChI is InChI=1S/C15H10BrClF3N3O3/c16-7-1-2-11(13(21)24)12(3-7)23-14(25)22-9-4-8(17)5-10(6-9)26-15(18,19)20/h1-6H,(H2,21,24)(H2,22,23,25). The van der Waals surface area contributed by atoms with Crippen molar-refractivity contribution in [3.8, 4) is 5.75 Å². The van der Waals surface area contributed by atoms with Crippen LogP contribution >= 0.6 is 27.5 Å². The van der Waals surface area contributed by atoms with E-state index < -0.39 is 24.1 Å². The minimum Gasteiger partial charge on any atom is -0.406 e. The van der Waals surface area contributed by atoms with Gasteiger partial charge in [0.25, 0.3) is 5.91 Å². The molecule has 0 aliphatic carbocycles. The number of nitrogens with two attached hydrogens (primary N) is 1. The first-order valence-corrected chi connectivity index (χ1v) is 7.94. The molecule has 26 heavy (non-hydrogen) atoms. The zero-order valence-electron chi connectivity index (χ0n) is 12.7. The topological polar surface area (TPSA) is 93.5 Å². The first-order valence-electron chi connectivity index (χ1n) is 6.77. The molecule has 0 aliphatic rings. The molecule has 6 nitrogen and oxygen atoms in total. The molecule has 0 atom stereocenters. The van der Waals surface area contributed by atoms with E-state index in [4.69, 9.17) is 17.3 Å². The molecule has 0 bridgehead atoms. The van der Waals surface area contributed by atoms with E-state index in [1.165, 1.54) is 18.2 Å². The van der Waals surface area contributed by atoms with Crippen LogP contribution < -0.4 is 21.1 Å². The predicted molar refractivity (Wildman–Crippen MR) is 93.4 cm³/mol. The highest BCUT2D eigenvalue weighted by molar-refractivity contribution is 9.10. The number of ether oxygens (including phenoxy) is 1. The van der Waals surface area contributed by atoms with Crippen molar-refractivity contribution in [2.75, 3.05) is 10.6 Å². The molecule has 0 radical (unpaired) electrons. The van der Waals surface area contributed by atoms with Crippen molar-refractivity contribution in [1.82, 2.24) is 0 Å². The van der Waals surface area contributed by atoms with Gasteiger partial charge in [0.05, 0.1) is 11.3 Å². The Hall–Kier alpha value is -2.46. The molecular formula is C15H10BrClF3N3O3. The summed E-state index contributed by atoms with van der Waals surface area (Å²) in [6, 6.07) is 6.67. The van der Waals surface area contributed by atoms with Crippen LogP contribution in [0.3, 0.4) is 0 Å². The van der Waals surface area contributed by atoms with Gasteiger partial charge in [0.1, 0.15) is 5.75 Å². The number of halogens is 5. The van der Waals surface area contributed by atoms with Crippen LogP contribution in [-0.4, -0.2) is 18.3 Å². The van der Waals surface area contributed by atoms with Crippen LogP contribution in [0.1, 0.15) is 10.4 Å². The number of carbonyl (C=O) groups excluding carboxylic acids is 2. The maximum Gasteiger partial charge on any atom is 0.573 e. The van der Waals surface area contributed by atoms with Crippen LogP contribution in [-0.2, 0) is 0 Å². The monoisotopic (exact) mass is 451 g/mol. The van der Waals surface area contributed by atoms with Gasteiger partial charge in [0, 0.05) is 21.2 Å². The number of amides is 3. The van der Waals surface area contributed by atoms with Gasteiger partial charge in [-0.05, 0) is 30.3 Å². The Bertz CT molecular complexity index is 862. The van der Waals surface area contributed by atoms with Gasteiger partial charge in [-0.2, -0.15) is 0 Å². The number of anilines is 2. The smallest absolute Gasteiger partial charge is 0.406 e. The Morgan fingerprint density at radius 3 is 2.42 bits per heavy atom. The molecule has 2 rings (SSSR count). The van der Waals surface area contributed by atoms with Crippen molar-refractivity contribution in [1.29, 1.82) is 0 Å². The van der Waals surface area contributed by atoms with Crippen LogP contribution in [0.5, 0.6) is 5.75 Å². The van der Waals surface area contributed by atoms with Crippen LogP contribution in [0.4, 0.5) is 29.3 Å². The van der Waals surface area contributed by atoms with E-state index in [0.717, 1.165) is 12.1 Å². The molecule has 0 aliphatic heterocycles. The average Bonchev–Trinajstić information content (AvgIpc) is 2.43. The lowest BCUT2D eigenvalue weighted by molar-refractivity contribution is -0.274. The number of hydrogen-bond donors (Lipinski definition) is 3. The lowest BCUT2D eigenvalue weighted by Crippen LogP contribution is -2.22. The summed E-state index contributed by atoms with van der Waals surface area (Å²) in [5.41, 5.74) is 5.33. The molecule has 4 N–H and O–H groups in total. The second kappa shape index (κ2) is 7.83. The molecule has 0 heterocycles. The summed E-state index contributed by atoms with van der Waals surface area (Å²) < 4.78 is 41.2. The third-order valence-corrected chi connectivity index (χ3v) is 3.57. The molecule has 0 fully saturated rings. The Kier molecular flexibility index (Phi) is 5.98. The first kappa shape index (κ1) is 19.9. The molecule has 3 amide bonds. The van der Waals surface area contributed by atoms with E-state index in [2.05, 4.69) is 31.3 Å². The molecule has 11 heteroatoms. The summed E-state index contributed by atoms with van der Waals surface area (Å²) >= 11 is 8.91. The third kappa shape index (κ3) is 5.81. The third-order valence-electron chi connectivity index (χ3n) is 2.86. The van der Waals surface area contributed by atoms with Gasteiger partial charge >= 0.3 is 12.4 Å². The summed E-state index contributed by atoms with van der Waals surface area (Å²) in [4.78, 5) is 23.5. The molecule has 2 aromatic rings. The van der Waals surface area contributed by atoms with E-state index in [0.29, 0.717) is 4.47 Å². The number of hydrogen-bond acceptors (Lipinski definition) is 3. The average molecular weight is 453 g/mol. The van der Waals surface area contributed by atoms with Crippen molar-refractivity contribution < 1.29 is 27.5 Å². The molecule has 138 valence electrons. The normalized spacial score (nSPS) is 11.0. The second-order valence-electron chi connectivity index (χ2n) is 4.86. The summed E-state index contributed by atoms with van der Waals surface area (Å²) in [6.45, 7) is 0. The molecule has 0 saturated carbocycles. The Morgan fingerprint density at radius 2 is 1.81 bits per heavy atom. The van der Waals surface area contributed by atoms with Crippen molar-refractivity contribution >= 4 is 50.8 Å². The molecule has 0 spiro atoms. The number of rotatable bonds is 4. The predicted octanol–water partition coefficient (Wildman–Crippen LogP) is 4.74. The minimum atomic E-state index is -4.91. The van der Waals surface area contributed by atoms with Gasteiger partial charge in [0.2, 0.25) is 0 Å². The number of alkyl halides is 3. The number of carbonyl (C=O) groups is 2. The Balaban J connectivity index is 2.18. The number of nitrogens with one attached hydrogen (secondary N) is 2. The van der Waals surface area contributed by atoms with Crippen LogP contribution in [0.15, 0.2) is 40.9 Å². The van der Waals surface area contributed by atoms with Gasteiger partial charge in [0.15, 0.2) is 0 Å². The number of benzene rings is 2. The maximum absolute atomic E-state index is 12.3. The lowest BCUT2D eigenvalue weighted by atomic mass is 10.1. The summed E-state index contributed by atoms with van der Waals surface area (Å²) in [5.74, 6) is -1.36. The van der Waals surface area contributed by atoms with Crippen molar-refractivity contribution in [2.24, 2.45) is 5.73 Å². The van der Waals surface area contributed by atoms with Gasteiger partial charge in [-0.15, -0.1) is 13.2 Å². The lowest BCUT2D eigenvalue weighted by Gasteiger charge is -2.13. The number of primary amides is 1. The number of urea groups is 1. The molecular weight excluding hydrogens is 443 g/mol. The van der Waals surface area contributed by atoms with E-state index in [1.54, 1.807) is 6.07 Å². The molecule has 2 aromatic carbocycles. The van der Waals surface area contributed by atoms with Crippen LogP contribution in [0.25, 0.3) is 0 Å². The summed E-state index contributed by atoms with van der Waals surface area (Å²) in [5, 5.41) is 4.59. The minimum absolute atomic E-state index is 0.0510. The molecule has 0 saturated heterocycles. The zero-order valence-corrected chi connectivity index (χ0v) is 15.0. The SMILES string of the molecule is NC(=O)c1ccc(Br)cc1NC(=O)Nc1cc(Cl)cc(OC(F)(F)F)c1. The van der Waals surface area contributed by atoms with E-state index >= 15 is 0 Å². The molecule has 0 unspecified atom stereocenters. The van der Waals surface area contributed by atoms with Crippen LogP contribution in [0, 0.1) is 0 Å². The molecule has 0 aromatic heterocycles. The Labute approximate surface area is 158 Å². The highest BCUT2D eigenvalue weighted by atomic mass is 79.9. The van der Waals surface area contributed by atoms with Crippen molar-refractivity contribution in [3.63, 3.8) is 0 Å². The van der Waals surface area contributed by atoms with Crippen molar-refractivity contribution in [3.05, 3.63) is 51.5 Å². The first-order chi connectivity index (χ1) is 12.0. The fraction of sp³-hybridized carbons (Fsp3) is 0.0667. The van der Waals surface area contributed by atoms with Gasteiger partial charge in [-0.25, -0.2) is 4.79 Å². The highest BCUT2D eigenvalue weighted by Gasteiger charge is 2.31. The fourth-order valence-electron chi connectivity index (χ4n) is 1.95. The van der Waals surface area contributed by atoms with Gasteiger partial charge in [-0.1, -0.05) is 27.5 Å². The Morgan fingerprint density at radius 1 is 1.12 bits per heavy atom. The summed E-state index contributed by atoms with van der Waals surface area (Å²) in [7, 11) is 0. The zero-order chi connectivity index (χ0) is 19.5. The van der Waals surface area contributed by atoms with E-state index in [-0.39, 0.29) is 22.0 Å². The van der Waals surface area contributed by atoms with Crippen LogP contribution in [0.2, 0.25) is 5.02 Å². The van der Waals surface area contributed by atoms with E-state index in [9.17, 15) is 22.8 Å². The van der Waals surface area contributed by atoms with Crippen molar-refractivity contribution in [2.45, 2.75) is 6.36 Å². The largest absolute Gasteiger partial charge is 0.573 e. The van der Waals surface area contributed by atoms with Gasteiger partial charge in [-0.3, -0.25) is 4.79 Å². The quantitative estimate of drug-likeness (QED) is 0.625. The van der Waals surface area contributed by atoms with Gasteiger partial charge < -0.3 is 21.1 Å². The second-order valence-corrected chi connectivity index (χ2v) is 6.21. The fourth-order valence-corrected chi connectivity index (χ4v) is 2.53. The maximum atomic E-state index is 12.3. The summed E-state index contributed by atoms with van der Waals surface area (Å²) in [6.07, 6.45) is -4.91. The highest BCUT2D eigenvalue weighted by Crippen LogP contribution is 2.29. The van der Waals surface area contributed by atoms with E-state index in [1.807, 2.05) is 0 Å².